The Bertz CT molecular complexity index is 993. The van der Waals surface area contributed by atoms with Gasteiger partial charge in [-0.3, -0.25) is 0 Å². The Kier molecular flexibility index (Phi) is 4.43. The largest absolute Gasteiger partial charge is 0.241 e. The van der Waals surface area contributed by atoms with Gasteiger partial charge in [0.25, 0.3) is 0 Å². The SMILES string of the molecule is Cc1ccc(C(C)NS(=O)(=O)c2ccc3ccccc3c2)cc1C. The van der Waals surface area contributed by atoms with Gasteiger partial charge >= 0.3 is 0 Å². The van der Waals surface area contributed by atoms with E-state index in [1.165, 1.54) is 5.56 Å². The van der Waals surface area contributed by atoms with Crippen LogP contribution in [0.4, 0.5) is 0 Å². The monoisotopic (exact) mass is 339 g/mol. The standard InChI is InChI=1S/C20H21NO2S/c1-14-8-9-18(12-15(14)2)16(3)21-24(22,23)20-11-10-17-6-4-5-7-19(17)13-20/h4-13,16,21H,1-3H3. The van der Waals surface area contributed by atoms with Crippen molar-refractivity contribution in [1.82, 2.24) is 4.72 Å². The second-order valence-corrected chi connectivity index (χ2v) is 7.91. The van der Waals surface area contributed by atoms with Crippen LogP contribution in [0.15, 0.2) is 65.6 Å². The number of hydrogen-bond acceptors (Lipinski definition) is 2. The van der Waals surface area contributed by atoms with Crippen molar-refractivity contribution >= 4 is 20.8 Å². The molecule has 0 fully saturated rings. The second-order valence-electron chi connectivity index (χ2n) is 6.20. The van der Waals surface area contributed by atoms with Crippen molar-refractivity contribution in [2.75, 3.05) is 0 Å². The second kappa shape index (κ2) is 6.38. The van der Waals surface area contributed by atoms with Gasteiger partial charge in [0.1, 0.15) is 0 Å². The molecule has 0 aliphatic carbocycles. The van der Waals surface area contributed by atoms with Crippen LogP contribution in [-0.4, -0.2) is 8.42 Å². The first-order valence-corrected chi connectivity index (χ1v) is 9.43. The minimum absolute atomic E-state index is 0.289. The number of fused-ring (bicyclic) bond motifs is 1. The fourth-order valence-electron chi connectivity index (χ4n) is 2.74. The molecular weight excluding hydrogens is 318 g/mol. The van der Waals surface area contributed by atoms with Gasteiger partial charge in [0.2, 0.25) is 10.0 Å². The van der Waals surface area contributed by atoms with Gasteiger partial charge in [-0.25, -0.2) is 13.1 Å². The smallest absolute Gasteiger partial charge is 0.207 e. The molecule has 3 rings (SSSR count). The van der Waals surface area contributed by atoms with E-state index in [-0.39, 0.29) is 10.9 Å². The topological polar surface area (TPSA) is 46.2 Å². The zero-order valence-corrected chi connectivity index (χ0v) is 14.9. The van der Waals surface area contributed by atoms with Crippen LogP contribution in [0.25, 0.3) is 10.8 Å². The van der Waals surface area contributed by atoms with Crippen LogP contribution >= 0.6 is 0 Å². The summed E-state index contributed by atoms with van der Waals surface area (Å²) in [7, 11) is -3.57. The summed E-state index contributed by atoms with van der Waals surface area (Å²) in [6.07, 6.45) is 0. The molecule has 0 aliphatic heterocycles. The van der Waals surface area contributed by atoms with Gasteiger partial charge in [0, 0.05) is 6.04 Å². The molecule has 0 aliphatic rings. The zero-order chi connectivity index (χ0) is 17.3. The molecule has 4 heteroatoms. The van der Waals surface area contributed by atoms with Gasteiger partial charge in [-0.15, -0.1) is 0 Å². The Labute approximate surface area is 143 Å². The van der Waals surface area contributed by atoms with E-state index in [0.29, 0.717) is 0 Å². The normalized spacial score (nSPS) is 13.1. The number of sulfonamides is 1. The van der Waals surface area contributed by atoms with Crippen LogP contribution in [0.2, 0.25) is 0 Å². The first-order chi connectivity index (χ1) is 11.4. The summed E-state index contributed by atoms with van der Waals surface area (Å²) in [5.41, 5.74) is 3.31. The molecule has 0 aromatic heterocycles. The average molecular weight is 339 g/mol. The molecule has 0 heterocycles. The van der Waals surface area contributed by atoms with E-state index in [1.807, 2.05) is 69.3 Å². The quantitative estimate of drug-likeness (QED) is 0.761. The van der Waals surface area contributed by atoms with E-state index in [4.69, 9.17) is 0 Å². The van der Waals surface area contributed by atoms with Gasteiger partial charge in [-0.05, 0) is 60.4 Å². The maximum atomic E-state index is 12.7. The highest BCUT2D eigenvalue weighted by molar-refractivity contribution is 7.89. The predicted molar refractivity (Wildman–Crippen MR) is 98.6 cm³/mol. The number of aryl methyl sites for hydroxylation is 2. The maximum absolute atomic E-state index is 12.7. The van der Waals surface area contributed by atoms with Gasteiger partial charge in [0.05, 0.1) is 4.90 Å². The first-order valence-electron chi connectivity index (χ1n) is 7.95. The molecule has 0 bridgehead atoms. The van der Waals surface area contributed by atoms with Crippen molar-refractivity contribution in [3.8, 4) is 0 Å². The van der Waals surface area contributed by atoms with E-state index in [2.05, 4.69) is 4.72 Å². The summed E-state index contributed by atoms with van der Waals surface area (Å²) in [4.78, 5) is 0.289. The molecular formula is C20H21NO2S. The van der Waals surface area contributed by atoms with Crippen LogP contribution < -0.4 is 4.72 Å². The first kappa shape index (κ1) is 16.7. The minimum atomic E-state index is -3.57. The van der Waals surface area contributed by atoms with Gasteiger partial charge in [-0.1, -0.05) is 48.5 Å². The van der Waals surface area contributed by atoms with Crippen LogP contribution in [0.1, 0.15) is 29.7 Å². The molecule has 0 radical (unpaired) electrons. The molecule has 0 saturated heterocycles. The molecule has 1 atom stereocenters. The molecule has 3 nitrogen and oxygen atoms in total. The van der Waals surface area contributed by atoms with E-state index in [0.717, 1.165) is 21.9 Å². The number of nitrogens with one attached hydrogen (secondary N) is 1. The molecule has 3 aromatic carbocycles. The fraction of sp³-hybridized carbons (Fsp3) is 0.200. The lowest BCUT2D eigenvalue weighted by Gasteiger charge is -2.16. The zero-order valence-electron chi connectivity index (χ0n) is 14.1. The molecule has 3 aromatic rings. The lowest BCUT2D eigenvalue weighted by molar-refractivity contribution is 0.567. The van der Waals surface area contributed by atoms with Crippen molar-refractivity contribution in [2.24, 2.45) is 0 Å². The van der Waals surface area contributed by atoms with Crippen LogP contribution in [0.3, 0.4) is 0 Å². The highest BCUT2D eigenvalue weighted by Crippen LogP contribution is 2.22. The predicted octanol–water partition coefficient (Wildman–Crippen LogP) is 4.50. The average Bonchev–Trinajstić information content (AvgIpc) is 2.56. The van der Waals surface area contributed by atoms with Gasteiger partial charge < -0.3 is 0 Å². The molecule has 24 heavy (non-hydrogen) atoms. The highest BCUT2D eigenvalue weighted by atomic mass is 32.2. The number of rotatable bonds is 4. The third-order valence-electron chi connectivity index (χ3n) is 4.39. The molecule has 0 saturated carbocycles. The number of hydrogen-bond donors (Lipinski definition) is 1. The van der Waals surface area contributed by atoms with E-state index < -0.39 is 10.0 Å². The van der Waals surface area contributed by atoms with Gasteiger partial charge in [-0.2, -0.15) is 0 Å². The van der Waals surface area contributed by atoms with Crippen LogP contribution in [-0.2, 0) is 10.0 Å². The molecule has 124 valence electrons. The molecule has 1 unspecified atom stereocenters. The summed E-state index contributed by atoms with van der Waals surface area (Å²) in [6, 6.07) is 18.7. The van der Waals surface area contributed by atoms with Gasteiger partial charge in [0.15, 0.2) is 0 Å². The van der Waals surface area contributed by atoms with E-state index in [9.17, 15) is 8.42 Å². The Morgan fingerprint density at radius 2 is 1.54 bits per heavy atom. The minimum Gasteiger partial charge on any atom is -0.207 e. The van der Waals surface area contributed by atoms with E-state index in [1.54, 1.807) is 12.1 Å². The van der Waals surface area contributed by atoms with Crippen molar-refractivity contribution in [3.63, 3.8) is 0 Å². The van der Waals surface area contributed by atoms with Crippen LogP contribution in [0.5, 0.6) is 0 Å². The Hall–Kier alpha value is -2.17. The molecule has 0 amide bonds. The Balaban J connectivity index is 1.90. The molecule has 1 N–H and O–H groups in total. The summed E-state index contributed by atoms with van der Waals surface area (Å²) in [5, 5.41) is 1.94. The van der Waals surface area contributed by atoms with Crippen molar-refractivity contribution < 1.29 is 8.42 Å². The summed E-state index contributed by atoms with van der Waals surface area (Å²) in [6.45, 7) is 5.94. The van der Waals surface area contributed by atoms with Crippen molar-refractivity contribution in [2.45, 2.75) is 31.7 Å². The van der Waals surface area contributed by atoms with Crippen LogP contribution in [0, 0.1) is 13.8 Å². The maximum Gasteiger partial charge on any atom is 0.241 e. The summed E-state index contributed by atoms with van der Waals surface area (Å²) in [5.74, 6) is 0. The lowest BCUT2D eigenvalue weighted by atomic mass is 10.0. The Morgan fingerprint density at radius 1 is 0.833 bits per heavy atom. The van der Waals surface area contributed by atoms with Crippen molar-refractivity contribution in [3.05, 3.63) is 77.4 Å². The third kappa shape index (κ3) is 3.35. The van der Waals surface area contributed by atoms with E-state index >= 15 is 0 Å². The lowest BCUT2D eigenvalue weighted by Crippen LogP contribution is -2.27. The third-order valence-corrected chi connectivity index (χ3v) is 5.93. The summed E-state index contributed by atoms with van der Waals surface area (Å²) >= 11 is 0. The Morgan fingerprint density at radius 3 is 2.25 bits per heavy atom. The highest BCUT2D eigenvalue weighted by Gasteiger charge is 2.19. The fourth-order valence-corrected chi connectivity index (χ4v) is 4.00. The molecule has 0 spiro atoms. The summed E-state index contributed by atoms with van der Waals surface area (Å²) < 4.78 is 28.2. The van der Waals surface area contributed by atoms with Crippen molar-refractivity contribution in [1.29, 1.82) is 0 Å². The number of benzene rings is 3.